The molecule has 9 heteroatoms. The lowest BCUT2D eigenvalue weighted by atomic mass is 10.0. The van der Waals surface area contributed by atoms with Gasteiger partial charge >= 0.3 is 0 Å². The number of hydrogen-bond acceptors (Lipinski definition) is 7. The number of aryl methyl sites for hydroxylation is 3. The van der Waals surface area contributed by atoms with E-state index in [0.29, 0.717) is 12.4 Å². The van der Waals surface area contributed by atoms with E-state index in [-0.39, 0.29) is 11.8 Å². The van der Waals surface area contributed by atoms with Gasteiger partial charge in [0.2, 0.25) is 5.91 Å². The lowest BCUT2D eigenvalue weighted by molar-refractivity contribution is -0.124. The number of nitrogens with zero attached hydrogens (tertiary/aromatic N) is 6. The maximum absolute atomic E-state index is 12.7. The SMILES string of the molecule is Cc1nc(Nc2nccs2)cc(C2CCN(C(=O)/C=C/c3c(C)nn(C)c3C)C2)n1. The molecule has 3 aromatic rings. The van der Waals surface area contributed by atoms with E-state index in [4.69, 9.17) is 0 Å². The fraction of sp³-hybridized carbons (Fsp3) is 0.381. The quantitative estimate of drug-likeness (QED) is 0.633. The summed E-state index contributed by atoms with van der Waals surface area (Å²) < 4.78 is 1.83. The molecule has 1 fully saturated rings. The van der Waals surface area contributed by atoms with Crippen molar-refractivity contribution >= 4 is 34.3 Å². The number of amides is 1. The Labute approximate surface area is 179 Å². The van der Waals surface area contributed by atoms with Crippen molar-refractivity contribution in [1.29, 1.82) is 0 Å². The molecular formula is C21H25N7OS. The minimum Gasteiger partial charge on any atom is -0.338 e. The van der Waals surface area contributed by atoms with Crippen LogP contribution in [0.15, 0.2) is 23.7 Å². The van der Waals surface area contributed by atoms with Crippen molar-refractivity contribution in [3.8, 4) is 0 Å². The largest absolute Gasteiger partial charge is 0.338 e. The van der Waals surface area contributed by atoms with Gasteiger partial charge < -0.3 is 10.2 Å². The molecule has 0 aromatic carbocycles. The highest BCUT2D eigenvalue weighted by Gasteiger charge is 2.28. The highest BCUT2D eigenvalue weighted by atomic mass is 32.1. The minimum atomic E-state index is 0.0204. The number of carbonyl (C=O) groups is 1. The lowest BCUT2D eigenvalue weighted by Crippen LogP contribution is -2.26. The molecule has 1 aliphatic heterocycles. The Morgan fingerprint density at radius 3 is 2.83 bits per heavy atom. The molecule has 1 atom stereocenters. The van der Waals surface area contributed by atoms with Crippen molar-refractivity contribution < 1.29 is 4.79 Å². The van der Waals surface area contributed by atoms with Gasteiger partial charge in [-0.2, -0.15) is 5.10 Å². The van der Waals surface area contributed by atoms with Crippen molar-refractivity contribution in [3.63, 3.8) is 0 Å². The van der Waals surface area contributed by atoms with Gasteiger partial charge in [0, 0.05) is 61.0 Å². The summed E-state index contributed by atoms with van der Waals surface area (Å²) in [5.74, 6) is 1.66. The number of likely N-dealkylation sites (tertiary alicyclic amines) is 1. The van der Waals surface area contributed by atoms with Crippen LogP contribution in [-0.2, 0) is 11.8 Å². The molecule has 0 spiro atoms. The Bertz CT molecular complexity index is 1090. The van der Waals surface area contributed by atoms with Crippen molar-refractivity contribution in [2.75, 3.05) is 18.4 Å². The fourth-order valence-electron chi connectivity index (χ4n) is 3.75. The minimum absolute atomic E-state index is 0.0204. The van der Waals surface area contributed by atoms with E-state index in [2.05, 4.69) is 25.4 Å². The molecule has 8 nitrogen and oxygen atoms in total. The topological polar surface area (TPSA) is 88.8 Å². The summed E-state index contributed by atoms with van der Waals surface area (Å²) in [6.07, 6.45) is 6.17. The van der Waals surface area contributed by atoms with Crippen molar-refractivity contribution in [3.05, 3.63) is 52.2 Å². The second-order valence-electron chi connectivity index (χ2n) is 7.50. The molecule has 156 valence electrons. The molecule has 4 rings (SSSR count). The average molecular weight is 424 g/mol. The van der Waals surface area contributed by atoms with E-state index in [1.807, 2.05) is 54.9 Å². The zero-order chi connectivity index (χ0) is 21.3. The van der Waals surface area contributed by atoms with Crippen LogP contribution in [-0.4, -0.2) is 48.6 Å². The molecule has 0 saturated carbocycles. The summed E-state index contributed by atoms with van der Waals surface area (Å²) in [7, 11) is 1.91. The number of thiazole rings is 1. The summed E-state index contributed by atoms with van der Waals surface area (Å²) in [4.78, 5) is 27.9. The van der Waals surface area contributed by atoms with Gasteiger partial charge in [-0.25, -0.2) is 15.0 Å². The van der Waals surface area contributed by atoms with Crippen LogP contribution in [0.25, 0.3) is 6.08 Å². The monoisotopic (exact) mass is 423 g/mol. The Morgan fingerprint density at radius 1 is 1.30 bits per heavy atom. The Hall–Kier alpha value is -3.07. The molecule has 1 N–H and O–H groups in total. The highest BCUT2D eigenvalue weighted by molar-refractivity contribution is 7.13. The first-order valence-electron chi connectivity index (χ1n) is 9.90. The third-order valence-electron chi connectivity index (χ3n) is 5.40. The van der Waals surface area contributed by atoms with E-state index < -0.39 is 0 Å². The van der Waals surface area contributed by atoms with Crippen molar-refractivity contribution in [1.82, 2.24) is 29.6 Å². The maximum Gasteiger partial charge on any atom is 0.246 e. The predicted molar refractivity (Wildman–Crippen MR) is 118 cm³/mol. The number of hydrogen-bond donors (Lipinski definition) is 1. The van der Waals surface area contributed by atoms with Gasteiger partial charge in [-0.15, -0.1) is 11.3 Å². The molecule has 0 bridgehead atoms. The molecule has 4 heterocycles. The van der Waals surface area contributed by atoms with Crippen LogP contribution in [0.3, 0.4) is 0 Å². The van der Waals surface area contributed by atoms with E-state index >= 15 is 0 Å². The Morgan fingerprint density at radius 2 is 2.13 bits per heavy atom. The highest BCUT2D eigenvalue weighted by Crippen LogP contribution is 2.28. The van der Waals surface area contributed by atoms with E-state index in [0.717, 1.165) is 46.6 Å². The van der Waals surface area contributed by atoms with Crippen LogP contribution in [0.4, 0.5) is 10.9 Å². The van der Waals surface area contributed by atoms with Crippen LogP contribution < -0.4 is 5.32 Å². The molecule has 0 aliphatic carbocycles. The van der Waals surface area contributed by atoms with Gasteiger partial charge in [0.15, 0.2) is 5.13 Å². The van der Waals surface area contributed by atoms with Crippen LogP contribution in [0.1, 0.15) is 40.8 Å². The first-order chi connectivity index (χ1) is 14.4. The molecule has 0 radical (unpaired) electrons. The molecule has 3 aromatic heterocycles. The number of anilines is 2. The number of rotatable bonds is 5. The van der Waals surface area contributed by atoms with Gasteiger partial charge in [0.05, 0.1) is 11.4 Å². The Kier molecular flexibility index (Phi) is 5.63. The second-order valence-corrected chi connectivity index (χ2v) is 8.39. The van der Waals surface area contributed by atoms with Gasteiger partial charge in [-0.3, -0.25) is 9.48 Å². The normalized spacial score (nSPS) is 16.5. The zero-order valence-corrected chi connectivity index (χ0v) is 18.4. The molecule has 1 aliphatic rings. The van der Waals surface area contributed by atoms with E-state index in [1.165, 1.54) is 11.3 Å². The molecule has 1 saturated heterocycles. The van der Waals surface area contributed by atoms with Crippen LogP contribution in [0, 0.1) is 20.8 Å². The number of nitrogens with one attached hydrogen (secondary N) is 1. The van der Waals surface area contributed by atoms with Gasteiger partial charge in [0.25, 0.3) is 0 Å². The first kappa shape index (κ1) is 20.2. The van der Waals surface area contributed by atoms with Crippen LogP contribution >= 0.6 is 11.3 Å². The van der Waals surface area contributed by atoms with Gasteiger partial charge in [0.1, 0.15) is 11.6 Å². The zero-order valence-electron chi connectivity index (χ0n) is 17.6. The summed E-state index contributed by atoms with van der Waals surface area (Å²) in [6, 6.07) is 1.96. The number of aromatic nitrogens is 5. The predicted octanol–water partition coefficient (Wildman–Crippen LogP) is 3.36. The smallest absolute Gasteiger partial charge is 0.246 e. The van der Waals surface area contributed by atoms with E-state index in [9.17, 15) is 4.79 Å². The second kappa shape index (κ2) is 8.35. The molecule has 1 amide bonds. The molecule has 1 unspecified atom stereocenters. The molecular weight excluding hydrogens is 398 g/mol. The Balaban J connectivity index is 1.44. The van der Waals surface area contributed by atoms with Crippen LogP contribution in [0.2, 0.25) is 0 Å². The van der Waals surface area contributed by atoms with Gasteiger partial charge in [-0.1, -0.05) is 0 Å². The third kappa shape index (κ3) is 4.25. The van der Waals surface area contributed by atoms with Crippen molar-refractivity contribution in [2.24, 2.45) is 7.05 Å². The lowest BCUT2D eigenvalue weighted by Gasteiger charge is -2.15. The molecule has 30 heavy (non-hydrogen) atoms. The maximum atomic E-state index is 12.7. The van der Waals surface area contributed by atoms with E-state index in [1.54, 1.807) is 12.3 Å². The average Bonchev–Trinajstić information content (AvgIpc) is 3.43. The van der Waals surface area contributed by atoms with Crippen molar-refractivity contribution in [2.45, 2.75) is 33.1 Å². The van der Waals surface area contributed by atoms with Crippen LogP contribution in [0.5, 0.6) is 0 Å². The standard InChI is InChI=1S/C21H25N7OS/c1-13-17(14(2)27(4)26-13)5-6-20(29)28-9-7-16(12-28)18-11-19(24-15(3)23-18)25-21-22-8-10-30-21/h5-6,8,10-11,16H,7,9,12H2,1-4H3,(H,22,23,24,25)/b6-5+. The summed E-state index contributed by atoms with van der Waals surface area (Å²) in [6.45, 7) is 7.22. The summed E-state index contributed by atoms with van der Waals surface area (Å²) in [5.41, 5.74) is 3.94. The fourth-order valence-corrected chi connectivity index (χ4v) is 4.29. The summed E-state index contributed by atoms with van der Waals surface area (Å²) >= 11 is 1.52. The number of carbonyl (C=O) groups excluding carboxylic acids is 1. The third-order valence-corrected chi connectivity index (χ3v) is 6.09. The summed E-state index contributed by atoms with van der Waals surface area (Å²) in [5, 5.41) is 10.3. The first-order valence-corrected chi connectivity index (χ1v) is 10.8. The van der Waals surface area contributed by atoms with Gasteiger partial charge in [-0.05, 0) is 33.3 Å².